The minimum absolute atomic E-state index is 0.0927. The van der Waals surface area contributed by atoms with E-state index in [-0.39, 0.29) is 23.8 Å². The quantitative estimate of drug-likeness (QED) is 0.713. The Labute approximate surface area is 107 Å². The van der Waals surface area contributed by atoms with Gasteiger partial charge in [-0.2, -0.15) is 0 Å². The molecule has 0 amide bonds. The molecule has 0 aliphatic heterocycles. The van der Waals surface area contributed by atoms with Crippen LogP contribution in [0.4, 0.5) is 0 Å². The summed E-state index contributed by atoms with van der Waals surface area (Å²) < 4.78 is 26.3. The van der Waals surface area contributed by atoms with Crippen LogP contribution < -0.4 is 4.72 Å². The molecule has 0 heterocycles. The van der Waals surface area contributed by atoms with E-state index in [1.165, 1.54) is 12.1 Å². The summed E-state index contributed by atoms with van der Waals surface area (Å²) in [5.41, 5.74) is 0. The molecule has 1 aliphatic rings. The van der Waals surface area contributed by atoms with Gasteiger partial charge in [0.2, 0.25) is 10.0 Å². The summed E-state index contributed by atoms with van der Waals surface area (Å²) in [6, 6.07) is 8.05. The molecule has 3 unspecified atom stereocenters. The molecule has 5 nitrogen and oxygen atoms in total. The third kappa shape index (κ3) is 3.08. The van der Waals surface area contributed by atoms with Crippen molar-refractivity contribution < 1.29 is 18.6 Å². The van der Waals surface area contributed by atoms with Crippen LogP contribution in [0, 0.1) is 12.3 Å². The summed E-state index contributed by atoms with van der Waals surface area (Å²) in [5, 5.41) is 18.9. The largest absolute Gasteiger partial charge is 0.393 e. The van der Waals surface area contributed by atoms with E-state index in [2.05, 4.69) is 4.72 Å². The van der Waals surface area contributed by atoms with Crippen LogP contribution in [0.5, 0.6) is 0 Å². The van der Waals surface area contributed by atoms with Gasteiger partial charge in [-0.15, -0.1) is 0 Å². The van der Waals surface area contributed by atoms with Crippen LogP contribution in [-0.2, 0) is 10.0 Å². The number of sulfonamides is 1. The molecule has 1 fully saturated rings. The molecule has 6 heteroatoms. The third-order valence-corrected chi connectivity index (χ3v) is 4.45. The molecule has 0 aromatic heterocycles. The lowest BCUT2D eigenvalue weighted by molar-refractivity contribution is 0.121. The van der Waals surface area contributed by atoms with Gasteiger partial charge in [-0.25, -0.2) is 13.1 Å². The molecular weight excluding hydrogens is 254 g/mol. The highest BCUT2D eigenvalue weighted by atomic mass is 32.2. The average Bonchev–Trinajstić information content (AvgIpc) is 2.67. The highest BCUT2D eigenvalue weighted by molar-refractivity contribution is 7.89. The minimum atomic E-state index is -3.55. The maximum atomic E-state index is 11.9. The second-order valence-corrected chi connectivity index (χ2v) is 6.16. The number of aliphatic hydroxyl groups excluding tert-OH is 2. The summed E-state index contributed by atoms with van der Waals surface area (Å²) in [6.45, 7) is 0.0927. The van der Waals surface area contributed by atoms with Crippen LogP contribution in [0.1, 0.15) is 6.42 Å². The number of hydrogen-bond acceptors (Lipinski definition) is 4. The monoisotopic (exact) mass is 270 g/mol. The summed E-state index contributed by atoms with van der Waals surface area (Å²) in [7, 11) is -3.55. The first-order valence-electron chi connectivity index (χ1n) is 5.75. The predicted molar refractivity (Wildman–Crippen MR) is 66.1 cm³/mol. The van der Waals surface area contributed by atoms with Gasteiger partial charge in [-0.05, 0) is 25.0 Å². The van der Waals surface area contributed by atoms with Crippen molar-refractivity contribution in [2.75, 3.05) is 6.54 Å². The molecule has 1 aromatic carbocycles. The molecule has 1 aliphatic carbocycles. The van der Waals surface area contributed by atoms with E-state index < -0.39 is 22.2 Å². The van der Waals surface area contributed by atoms with Crippen LogP contribution in [0.3, 0.4) is 0 Å². The normalized spacial score (nSPS) is 28.4. The van der Waals surface area contributed by atoms with Crippen LogP contribution in [0.15, 0.2) is 35.2 Å². The fourth-order valence-electron chi connectivity index (χ4n) is 2.01. The number of aliphatic hydroxyl groups is 2. The van der Waals surface area contributed by atoms with Crippen LogP contribution in [-0.4, -0.2) is 37.4 Å². The fourth-order valence-corrected chi connectivity index (χ4v) is 3.10. The summed E-state index contributed by atoms with van der Waals surface area (Å²) >= 11 is 0. The van der Waals surface area contributed by atoms with Crippen molar-refractivity contribution in [3.8, 4) is 0 Å². The zero-order chi connectivity index (χ0) is 13.2. The van der Waals surface area contributed by atoms with Gasteiger partial charge in [0.1, 0.15) is 0 Å². The molecule has 0 spiro atoms. The average molecular weight is 270 g/mol. The van der Waals surface area contributed by atoms with Gasteiger partial charge in [-0.1, -0.05) is 18.2 Å². The smallest absolute Gasteiger partial charge is 0.240 e. The first kappa shape index (κ1) is 13.5. The molecule has 0 saturated heterocycles. The van der Waals surface area contributed by atoms with E-state index in [0.29, 0.717) is 0 Å². The Morgan fingerprint density at radius 2 is 1.89 bits per heavy atom. The van der Waals surface area contributed by atoms with Gasteiger partial charge >= 0.3 is 0 Å². The Balaban J connectivity index is 1.98. The Hall–Kier alpha value is -0.950. The van der Waals surface area contributed by atoms with Gasteiger partial charge in [-0.3, -0.25) is 0 Å². The second-order valence-electron chi connectivity index (χ2n) is 4.39. The number of nitrogens with one attached hydrogen (secondary N) is 1. The van der Waals surface area contributed by atoms with Gasteiger partial charge in [0.05, 0.1) is 17.1 Å². The second kappa shape index (κ2) is 5.36. The number of rotatable bonds is 4. The third-order valence-electron chi connectivity index (χ3n) is 3.01. The Kier molecular flexibility index (Phi) is 4.01. The molecule has 3 N–H and O–H groups in total. The zero-order valence-electron chi connectivity index (χ0n) is 9.73. The molecule has 2 rings (SSSR count). The number of hydrogen-bond donors (Lipinski definition) is 3. The van der Waals surface area contributed by atoms with Crippen molar-refractivity contribution in [2.45, 2.75) is 23.5 Å². The molecule has 99 valence electrons. The highest BCUT2D eigenvalue weighted by Crippen LogP contribution is 2.24. The van der Waals surface area contributed by atoms with E-state index in [1.54, 1.807) is 24.6 Å². The topological polar surface area (TPSA) is 86.6 Å². The van der Waals surface area contributed by atoms with Crippen LogP contribution >= 0.6 is 0 Å². The predicted octanol–water partition coefficient (Wildman–Crippen LogP) is -0.0891. The van der Waals surface area contributed by atoms with E-state index in [0.717, 1.165) is 0 Å². The zero-order valence-corrected chi connectivity index (χ0v) is 10.5. The van der Waals surface area contributed by atoms with Crippen molar-refractivity contribution in [3.63, 3.8) is 0 Å². The van der Waals surface area contributed by atoms with Crippen molar-refractivity contribution in [3.05, 3.63) is 36.8 Å². The lowest BCUT2D eigenvalue weighted by Crippen LogP contribution is -2.32. The molecular formula is C12H16NO4S. The van der Waals surface area contributed by atoms with Gasteiger partial charge in [0.25, 0.3) is 0 Å². The van der Waals surface area contributed by atoms with E-state index in [1.807, 2.05) is 0 Å². The van der Waals surface area contributed by atoms with Crippen LogP contribution in [0.25, 0.3) is 0 Å². The maximum Gasteiger partial charge on any atom is 0.240 e. The van der Waals surface area contributed by atoms with Crippen molar-refractivity contribution in [1.29, 1.82) is 0 Å². The SMILES string of the molecule is O=S(=O)(NCC1[CH]C(O)CC1O)c1ccccc1. The van der Waals surface area contributed by atoms with E-state index in [9.17, 15) is 18.6 Å². The number of benzene rings is 1. The van der Waals surface area contributed by atoms with Gasteiger partial charge < -0.3 is 10.2 Å². The Morgan fingerprint density at radius 3 is 2.44 bits per heavy atom. The first-order chi connectivity index (χ1) is 8.49. The summed E-state index contributed by atoms with van der Waals surface area (Å²) in [6.07, 6.45) is 0.473. The minimum Gasteiger partial charge on any atom is -0.393 e. The summed E-state index contributed by atoms with van der Waals surface area (Å²) in [5.74, 6) is -0.349. The van der Waals surface area contributed by atoms with E-state index >= 15 is 0 Å². The molecule has 18 heavy (non-hydrogen) atoms. The molecule has 1 aromatic rings. The van der Waals surface area contributed by atoms with Crippen molar-refractivity contribution >= 4 is 10.0 Å². The maximum absolute atomic E-state index is 11.9. The molecule has 1 radical (unpaired) electrons. The molecule has 0 bridgehead atoms. The lowest BCUT2D eigenvalue weighted by Gasteiger charge is -2.14. The van der Waals surface area contributed by atoms with E-state index in [4.69, 9.17) is 0 Å². The lowest BCUT2D eigenvalue weighted by atomic mass is 10.1. The summed E-state index contributed by atoms with van der Waals surface area (Å²) in [4.78, 5) is 0.193. The fraction of sp³-hybridized carbons (Fsp3) is 0.417. The van der Waals surface area contributed by atoms with Crippen molar-refractivity contribution in [1.82, 2.24) is 4.72 Å². The standard InChI is InChI=1S/C12H16NO4S/c14-10-6-9(12(15)7-10)8-13-18(16,17)11-4-2-1-3-5-11/h1-6,9-10,12-15H,7-8H2. The first-order valence-corrected chi connectivity index (χ1v) is 7.23. The van der Waals surface area contributed by atoms with Gasteiger partial charge in [0.15, 0.2) is 0 Å². The Bertz CT molecular complexity index is 488. The Morgan fingerprint density at radius 1 is 1.22 bits per heavy atom. The molecule has 1 saturated carbocycles. The highest BCUT2D eigenvalue weighted by Gasteiger charge is 2.32. The van der Waals surface area contributed by atoms with Crippen molar-refractivity contribution in [2.24, 2.45) is 5.92 Å². The van der Waals surface area contributed by atoms with Gasteiger partial charge in [0, 0.05) is 12.5 Å². The molecule has 3 atom stereocenters. The van der Waals surface area contributed by atoms with Crippen LogP contribution in [0.2, 0.25) is 0 Å².